The molecule has 0 spiro atoms. The van der Waals surface area contributed by atoms with Gasteiger partial charge in [-0.05, 0) is 55.6 Å². The van der Waals surface area contributed by atoms with Crippen molar-refractivity contribution in [2.24, 2.45) is 13.0 Å². The Morgan fingerprint density at radius 3 is 2.67 bits per heavy atom. The molecule has 27 heavy (non-hydrogen) atoms. The van der Waals surface area contributed by atoms with Gasteiger partial charge in [-0.1, -0.05) is 0 Å². The van der Waals surface area contributed by atoms with Crippen molar-refractivity contribution >= 4 is 10.0 Å². The molecule has 3 aliphatic rings. The fraction of sp³-hybridized carbons (Fsp3) is 0.526. The molecule has 3 saturated heterocycles. The van der Waals surface area contributed by atoms with Crippen molar-refractivity contribution < 1.29 is 12.8 Å². The number of fused-ring (bicyclic) bond motifs is 3. The number of rotatable bonds is 5. The van der Waals surface area contributed by atoms with E-state index >= 15 is 0 Å². The van der Waals surface area contributed by atoms with Crippen molar-refractivity contribution in [2.75, 3.05) is 25.9 Å². The zero-order valence-electron chi connectivity index (χ0n) is 15.6. The van der Waals surface area contributed by atoms with E-state index in [0.29, 0.717) is 18.4 Å². The van der Waals surface area contributed by atoms with E-state index in [1.54, 1.807) is 12.1 Å². The van der Waals surface area contributed by atoms with Gasteiger partial charge in [0.2, 0.25) is 10.0 Å². The molecule has 5 rings (SSSR count). The minimum atomic E-state index is -3.16. The van der Waals surface area contributed by atoms with Gasteiger partial charge in [0.05, 0.1) is 11.9 Å². The van der Waals surface area contributed by atoms with Gasteiger partial charge in [-0.25, -0.2) is 17.5 Å². The second-order valence-corrected chi connectivity index (χ2v) is 9.58. The number of aromatic nitrogens is 2. The predicted molar refractivity (Wildman–Crippen MR) is 102 cm³/mol. The van der Waals surface area contributed by atoms with Gasteiger partial charge in [-0.3, -0.25) is 9.58 Å². The normalized spacial score (nSPS) is 27.8. The molecule has 1 aromatic heterocycles. The van der Waals surface area contributed by atoms with Gasteiger partial charge in [0.1, 0.15) is 5.82 Å². The molecule has 146 valence electrons. The number of nitrogens with one attached hydrogen (secondary N) is 1. The van der Waals surface area contributed by atoms with Crippen molar-refractivity contribution in [1.29, 1.82) is 0 Å². The Hall–Kier alpha value is -1.77. The van der Waals surface area contributed by atoms with Crippen molar-refractivity contribution in [3.05, 3.63) is 41.8 Å². The molecule has 2 aromatic rings. The summed E-state index contributed by atoms with van der Waals surface area (Å²) >= 11 is 0. The zero-order chi connectivity index (χ0) is 19.2. The number of halogens is 1. The highest BCUT2D eigenvalue weighted by Gasteiger charge is 2.41. The minimum absolute atomic E-state index is 0.249. The van der Waals surface area contributed by atoms with E-state index < -0.39 is 10.0 Å². The topological polar surface area (TPSA) is 67.2 Å². The molecule has 1 unspecified atom stereocenters. The van der Waals surface area contributed by atoms with Crippen LogP contribution < -0.4 is 4.72 Å². The lowest BCUT2D eigenvalue weighted by Crippen LogP contribution is -2.56. The summed E-state index contributed by atoms with van der Waals surface area (Å²) in [5.74, 6) is 0.666. The van der Waals surface area contributed by atoms with Gasteiger partial charge in [-0.2, -0.15) is 5.10 Å². The average molecular weight is 393 g/mol. The van der Waals surface area contributed by atoms with Crippen molar-refractivity contribution in [1.82, 2.24) is 19.4 Å². The van der Waals surface area contributed by atoms with Crippen LogP contribution in [0.15, 0.2) is 30.3 Å². The lowest BCUT2D eigenvalue weighted by molar-refractivity contribution is 0.0306. The number of sulfonamides is 1. The first-order chi connectivity index (χ1) is 12.8. The molecule has 1 aromatic carbocycles. The molecule has 6 nitrogen and oxygen atoms in total. The Morgan fingerprint density at radius 2 is 2.04 bits per heavy atom. The van der Waals surface area contributed by atoms with Gasteiger partial charge in [-0.15, -0.1) is 0 Å². The lowest BCUT2D eigenvalue weighted by Gasteiger charge is -2.49. The molecular formula is C19H25FN4O2S. The molecular weight excluding hydrogens is 367 g/mol. The van der Waals surface area contributed by atoms with Crippen LogP contribution in [-0.4, -0.2) is 55.0 Å². The quantitative estimate of drug-likeness (QED) is 0.845. The first-order valence-electron chi connectivity index (χ1n) is 9.29. The van der Waals surface area contributed by atoms with Crippen molar-refractivity contribution in [2.45, 2.75) is 24.8 Å². The lowest BCUT2D eigenvalue weighted by atomic mass is 9.74. The van der Waals surface area contributed by atoms with Crippen LogP contribution in [0.1, 0.15) is 24.5 Å². The van der Waals surface area contributed by atoms with Crippen LogP contribution in [0, 0.1) is 11.7 Å². The molecule has 3 fully saturated rings. The van der Waals surface area contributed by atoms with E-state index in [1.807, 2.05) is 11.7 Å². The highest BCUT2D eigenvalue weighted by atomic mass is 32.2. The molecule has 0 aliphatic carbocycles. The van der Waals surface area contributed by atoms with Gasteiger partial charge in [0.15, 0.2) is 0 Å². The number of hydrogen-bond donors (Lipinski definition) is 1. The molecule has 8 heteroatoms. The maximum Gasteiger partial charge on any atom is 0.208 e. The molecule has 1 N–H and O–H groups in total. The summed E-state index contributed by atoms with van der Waals surface area (Å²) in [6.45, 7) is 2.41. The van der Waals surface area contributed by atoms with Gasteiger partial charge >= 0.3 is 0 Å². The van der Waals surface area contributed by atoms with Gasteiger partial charge in [0, 0.05) is 43.4 Å². The minimum Gasteiger partial charge on any atom is -0.298 e. The molecule has 4 atom stereocenters. The molecule has 4 heterocycles. The number of hydrogen-bond acceptors (Lipinski definition) is 4. The Morgan fingerprint density at radius 1 is 1.30 bits per heavy atom. The molecule has 0 radical (unpaired) electrons. The van der Waals surface area contributed by atoms with Crippen LogP contribution in [-0.2, 0) is 17.1 Å². The fourth-order valence-corrected chi connectivity index (χ4v) is 5.02. The zero-order valence-corrected chi connectivity index (χ0v) is 16.4. The van der Waals surface area contributed by atoms with Crippen LogP contribution in [0.25, 0.3) is 11.3 Å². The SMILES string of the molecule is Cn1nc(-c2ccc(F)cc2)cc1[C@@H]1CN2CC[C@H]1C[C@@H]2CNS(C)(=O)=O. The summed E-state index contributed by atoms with van der Waals surface area (Å²) in [4.78, 5) is 2.40. The Kier molecular flexibility index (Phi) is 4.82. The number of benzene rings is 1. The van der Waals surface area contributed by atoms with Crippen LogP contribution in [0.4, 0.5) is 4.39 Å². The Balaban J connectivity index is 1.51. The molecule has 2 bridgehead atoms. The highest BCUT2D eigenvalue weighted by Crippen LogP contribution is 2.42. The Bertz CT molecular complexity index is 926. The third kappa shape index (κ3) is 3.93. The van der Waals surface area contributed by atoms with E-state index in [-0.39, 0.29) is 11.9 Å². The second kappa shape index (κ2) is 7.00. The first kappa shape index (κ1) is 18.6. The van der Waals surface area contributed by atoms with E-state index in [2.05, 4.69) is 20.8 Å². The summed E-state index contributed by atoms with van der Waals surface area (Å²) in [6.07, 6.45) is 3.32. The van der Waals surface area contributed by atoms with Crippen LogP contribution >= 0.6 is 0 Å². The predicted octanol–water partition coefficient (Wildman–Crippen LogP) is 1.95. The monoisotopic (exact) mass is 392 g/mol. The van der Waals surface area contributed by atoms with E-state index in [4.69, 9.17) is 0 Å². The van der Waals surface area contributed by atoms with Crippen LogP contribution in [0.2, 0.25) is 0 Å². The second-order valence-electron chi connectivity index (χ2n) is 7.75. The summed E-state index contributed by atoms with van der Waals surface area (Å²) in [5, 5.41) is 4.64. The fourth-order valence-electron chi connectivity index (χ4n) is 4.52. The summed E-state index contributed by atoms with van der Waals surface area (Å²) in [7, 11) is -1.20. The van der Waals surface area contributed by atoms with Crippen molar-refractivity contribution in [3.8, 4) is 11.3 Å². The van der Waals surface area contributed by atoms with E-state index in [9.17, 15) is 12.8 Å². The molecule has 0 saturated carbocycles. The maximum absolute atomic E-state index is 13.2. The number of piperidine rings is 3. The van der Waals surface area contributed by atoms with Crippen LogP contribution in [0.5, 0.6) is 0 Å². The maximum atomic E-state index is 13.2. The Labute approximate surface area is 159 Å². The first-order valence-corrected chi connectivity index (χ1v) is 11.2. The molecule has 0 amide bonds. The third-order valence-corrected chi connectivity index (χ3v) is 6.59. The third-order valence-electron chi connectivity index (χ3n) is 5.90. The smallest absolute Gasteiger partial charge is 0.208 e. The average Bonchev–Trinajstić information content (AvgIpc) is 3.02. The largest absolute Gasteiger partial charge is 0.298 e. The highest BCUT2D eigenvalue weighted by molar-refractivity contribution is 7.88. The van der Waals surface area contributed by atoms with Crippen molar-refractivity contribution in [3.63, 3.8) is 0 Å². The van der Waals surface area contributed by atoms with E-state index in [1.165, 1.54) is 24.1 Å². The summed E-state index contributed by atoms with van der Waals surface area (Å²) in [5.41, 5.74) is 2.97. The number of aryl methyl sites for hydroxylation is 1. The van der Waals surface area contributed by atoms with Gasteiger partial charge in [0.25, 0.3) is 0 Å². The number of nitrogens with zero attached hydrogens (tertiary/aromatic N) is 3. The van der Waals surface area contributed by atoms with E-state index in [0.717, 1.165) is 37.2 Å². The molecule has 3 aliphatic heterocycles. The van der Waals surface area contributed by atoms with Gasteiger partial charge < -0.3 is 0 Å². The van der Waals surface area contributed by atoms with Crippen LogP contribution in [0.3, 0.4) is 0 Å². The standard InChI is InChI=1S/C19H25FN4O2S/c1-23-19(10-18(22-23)13-3-5-15(20)6-4-13)17-12-24-8-7-14(17)9-16(24)11-21-27(2,25)26/h3-6,10,14,16-17,21H,7-9,11-12H2,1-2H3/t14-,16+,17+/m0/s1. The summed E-state index contributed by atoms with van der Waals surface area (Å²) in [6, 6.07) is 8.80. The summed E-state index contributed by atoms with van der Waals surface area (Å²) < 4.78 is 40.6.